The number of nitrogens with zero attached hydrogens (tertiary/aromatic N) is 1. The van der Waals surface area contributed by atoms with Crippen LogP contribution >= 0.6 is 0 Å². The molecule has 1 heterocycles. The molecule has 0 aromatic heterocycles. The minimum absolute atomic E-state index is 0.323. The van der Waals surface area contributed by atoms with Crippen LogP contribution in [0, 0.1) is 11.8 Å². The largest absolute Gasteiger partial charge is 0.374 e. The minimum Gasteiger partial charge on any atom is -0.374 e. The van der Waals surface area contributed by atoms with Crippen LogP contribution in [0.3, 0.4) is 0 Å². The highest BCUT2D eigenvalue weighted by Crippen LogP contribution is 2.13. The molecular formula is C15H28N2O. The number of nitrogens with one attached hydrogen (secondary N) is 1. The van der Waals surface area contributed by atoms with Crippen molar-refractivity contribution in [2.45, 2.75) is 52.2 Å². The highest BCUT2D eigenvalue weighted by molar-refractivity contribution is 4.96. The summed E-state index contributed by atoms with van der Waals surface area (Å²) in [7, 11) is 0. The van der Waals surface area contributed by atoms with Crippen molar-refractivity contribution in [2.24, 2.45) is 0 Å². The van der Waals surface area contributed by atoms with Crippen LogP contribution in [0.25, 0.3) is 0 Å². The van der Waals surface area contributed by atoms with Crippen molar-refractivity contribution < 1.29 is 4.74 Å². The Bertz CT molecular complexity index is 267. The summed E-state index contributed by atoms with van der Waals surface area (Å²) in [4.78, 5) is 2.52. The summed E-state index contributed by atoms with van der Waals surface area (Å²) < 4.78 is 5.95. The summed E-state index contributed by atoms with van der Waals surface area (Å²) >= 11 is 0. The molecule has 0 amide bonds. The van der Waals surface area contributed by atoms with E-state index in [1.54, 1.807) is 0 Å². The molecule has 1 fully saturated rings. The lowest BCUT2D eigenvalue weighted by Crippen LogP contribution is -2.52. The van der Waals surface area contributed by atoms with Crippen LogP contribution in [0.5, 0.6) is 0 Å². The zero-order chi connectivity index (χ0) is 13.2. The summed E-state index contributed by atoms with van der Waals surface area (Å²) in [6, 6.07) is 0.440. The molecule has 1 saturated heterocycles. The normalized spacial score (nSPS) is 22.3. The Morgan fingerprint density at radius 3 is 2.94 bits per heavy atom. The van der Waals surface area contributed by atoms with Gasteiger partial charge in [-0.3, -0.25) is 4.90 Å². The van der Waals surface area contributed by atoms with E-state index >= 15 is 0 Å². The number of hydrogen-bond acceptors (Lipinski definition) is 3. The Kier molecular flexibility index (Phi) is 8.08. The van der Waals surface area contributed by atoms with Gasteiger partial charge in [0.15, 0.2) is 0 Å². The van der Waals surface area contributed by atoms with Gasteiger partial charge in [0, 0.05) is 25.6 Å². The van der Waals surface area contributed by atoms with Crippen molar-refractivity contribution in [3.05, 3.63) is 0 Å². The molecule has 0 spiro atoms. The minimum atomic E-state index is 0.323. The van der Waals surface area contributed by atoms with E-state index in [2.05, 4.69) is 35.9 Å². The third kappa shape index (κ3) is 5.39. The summed E-state index contributed by atoms with van der Waals surface area (Å²) in [6.45, 7) is 11.5. The smallest absolute Gasteiger partial charge is 0.0855 e. The Morgan fingerprint density at radius 1 is 1.44 bits per heavy atom. The molecule has 18 heavy (non-hydrogen) atoms. The average molecular weight is 252 g/mol. The Balaban J connectivity index is 2.45. The second kappa shape index (κ2) is 9.38. The summed E-state index contributed by atoms with van der Waals surface area (Å²) in [5, 5.41) is 3.55. The summed E-state index contributed by atoms with van der Waals surface area (Å²) in [5.74, 6) is 6.12. The van der Waals surface area contributed by atoms with Crippen molar-refractivity contribution in [3.63, 3.8) is 0 Å². The van der Waals surface area contributed by atoms with Gasteiger partial charge in [0.25, 0.3) is 0 Å². The van der Waals surface area contributed by atoms with Crippen LogP contribution in [-0.4, -0.2) is 49.8 Å². The zero-order valence-corrected chi connectivity index (χ0v) is 12.2. The molecule has 0 bridgehead atoms. The van der Waals surface area contributed by atoms with E-state index in [-0.39, 0.29) is 0 Å². The third-order valence-corrected chi connectivity index (χ3v) is 3.39. The zero-order valence-electron chi connectivity index (χ0n) is 12.2. The lowest BCUT2D eigenvalue weighted by atomic mass is 10.0. The molecule has 1 aliphatic heterocycles. The van der Waals surface area contributed by atoms with Crippen LogP contribution < -0.4 is 5.32 Å². The molecule has 2 unspecified atom stereocenters. The Morgan fingerprint density at radius 2 is 2.28 bits per heavy atom. The highest BCUT2D eigenvalue weighted by atomic mass is 16.5. The quantitative estimate of drug-likeness (QED) is 0.700. The van der Waals surface area contributed by atoms with Gasteiger partial charge >= 0.3 is 0 Å². The molecule has 0 radical (unpaired) electrons. The molecule has 3 nitrogen and oxygen atoms in total. The highest BCUT2D eigenvalue weighted by Gasteiger charge is 2.26. The summed E-state index contributed by atoms with van der Waals surface area (Å²) in [6.07, 6.45) is 3.59. The van der Waals surface area contributed by atoms with E-state index in [1.165, 1.54) is 13.0 Å². The van der Waals surface area contributed by atoms with E-state index < -0.39 is 0 Å². The Labute approximate surface area is 112 Å². The fraction of sp³-hybridized carbons (Fsp3) is 0.867. The monoisotopic (exact) mass is 252 g/mol. The molecule has 0 aromatic rings. The van der Waals surface area contributed by atoms with Gasteiger partial charge in [0.2, 0.25) is 0 Å². The fourth-order valence-corrected chi connectivity index (χ4v) is 2.53. The van der Waals surface area contributed by atoms with Crippen LogP contribution in [0.15, 0.2) is 0 Å². The van der Waals surface area contributed by atoms with Gasteiger partial charge in [-0.2, -0.15) is 0 Å². The van der Waals surface area contributed by atoms with Crippen molar-refractivity contribution in [1.82, 2.24) is 10.2 Å². The first-order valence-electron chi connectivity index (χ1n) is 7.28. The fourth-order valence-electron chi connectivity index (χ4n) is 2.53. The van der Waals surface area contributed by atoms with E-state index in [0.717, 1.165) is 39.1 Å². The van der Waals surface area contributed by atoms with Gasteiger partial charge in [-0.25, -0.2) is 0 Å². The molecule has 0 saturated carbocycles. The molecule has 2 atom stereocenters. The number of hydrogen-bond donors (Lipinski definition) is 1. The molecule has 1 rings (SSSR count). The van der Waals surface area contributed by atoms with Gasteiger partial charge in [-0.15, -0.1) is 11.8 Å². The van der Waals surface area contributed by atoms with E-state index in [9.17, 15) is 0 Å². The lowest BCUT2D eigenvalue weighted by molar-refractivity contribution is -0.0471. The molecule has 1 aliphatic rings. The van der Waals surface area contributed by atoms with E-state index in [4.69, 9.17) is 4.74 Å². The SMILES string of the molecule is CC#CCCC(NCC)C1CN(CCC)CCO1. The van der Waals surface area contributed by atoms with Crippen molar-refractivity contribution >= 4 is 0 Å². The number of morpholine rings is 1. The molecule has 104 valence electrons. The molecule has 3 heteroatoms. The van der Waals surface area contributed by atoms with Gasteiger partial charge in [-0.05, 0) is 32.9 Å². The molecule has 0 aromatic carbocycles. The summed E-state index contributed by atoms with van der Waals surface area (Å²) in [5.41, 5.74) is 0. The van der Waals surface area contributed by atoms with Crippen LogP contribution in [-0.2, 0) is 4.74 Å². The molecule has 0 aliphatic carbocycles. The maximum Gasteiger partial charge on any atom is 0.0855 e. The van der Waals surface area contributed by atoms with Gasteiger partial charge in [-0.1, -0.05) is 13.8 Å². The molecular weight excluding hydrogens is 224 g/mol. The second-order valence-electron chi connectivity index (χ2n) is 4.84. The lowest BCUT2D eigenvalue weighted by Gasteiger charge is -2.37. The van der Waals surface area contributed by atoms with Crippen LogP contribution in [0.4, 0.5) is 0 Å². The van der Waals surface area contributed by atoms with E-state index in [0.29, 0.717) is 12.1 Å². The standard InChI is InChI=1S/C15H28N2O/c1-4-7-8-9-14(16-6-3)15-13-17(10-5-2)11-12-18-15/h14-16H,5-6,8-13H2,1-3H3. The maximum atomic E-state index is 5.95. The van der Waals surface area contributed by atoms with Gasteiger partial charge < -0.3 is 10.1 Å². The topological polar surface area (TPSA) is 24.5 Å². The van der Waals surface area contributed by atoms with Crippen LogP contribution in [0.1, 0.15) is 40.0 Å². The van der Waals surface area contributed by atoms with Crippen molar-refractivity contribution in [1.29, 1.82) is 0 Å². The average Bonchev–Trinajstić information content (AvgIpc) is 2.39. The van der Waals surface area contributed by atoms with Crippen molar-refractivity contribution in [2.75, 3.05) is 32.8 Å². The third-order valence-electron chi connectivity index (χ3n) is 3.39. The first-order valence-corrected chi connectivity index (χ1v) is 7.28. The maximum absolute atomic E-state index is 5.95. The predicted molar refractivity (Wildman–Crippen MR) is 76.6 cm³/mol. The second-order valence-corrected chi connectivity index (χ2v) is 4.84. The van der Waals surface area contributed by atoms with Gasteiger partial charge in [0.05, 0.1) is 12.7 Å². The first-order chi connectivity index (χ1) is 8.81. The number of ether oxygens (including phenoxy) is 1. The first kappa shape index (κ1) is 15.5. The molecule has 1 N–H and O–H groups in total. The van der Waals surface area contributed by atoms with Crippen LogP contribution in [0.2, 0.25) is 0 Å². The predicted octanol–water partition coefficient (Wildman–Crippen LogP) is 1.88. The number of rotatable bonds is 7. The van der Waals surface area contributed by atoms with Crippen molar-refractivity contribution in [3.8, 4) is 11.8 Å². The van der Waals surface area contributed by atoms with Gasteiger partial charge in [0.1, 0.15) is 0 Å². The Hall–Kier alpha value is -0.560. The number of likely N-dealkylation sites (N-methyl/N-ethyl adjacent to an activating group) is 1. The van der Waals surface area contributed by atoms with E-state index in [1.807, 2.05) is 6.92 Å².